The first-order valence-corrected chi connectivity index (χ1v) is 8.93. The van der Waals surface area contributed by atoms with Crippen molar-refractivity contribution in [2.75, 3.05) is 5.73 Å². The van der Waals surface area contributed by atoms with Crippen LogP contribution in [0.2, 0.25) is 0 Å². The Labute approximate surface area is 153 Å². The molecule has 4 aromatic carbocycles. The lowest BCUT2D eigenvalue weighted by Gasteiger charge is -2.33. The predicted molar refractivity (Wildman–Crippen MR) is 108 cm³/mol. The van der Waals surface area contributed by atoms with Gasteiger partial charge in [0.15, 0.2) is 0 Å². The minimum Gasteiger partial charge on any atom is -0.399 e. The summed E-state index contributed by atoms with van der Waals surface area (Å²) in [5.41, 5.74) is 14.3. The van der Waals surface area contributed by atoms with E-state index < -0.39 is 0 Å². The van der Waals surface area contributed by atoms with Crippen LogP contribution < -0.4 is 5.73 Å². The summed E-state index contributed by atoms with van der Waals surface area (Å²) in [5.74, 6) is 0. The number of nitrogens with two attached hydrogens (primary N) is 1. The number of rotatable bonds is 2. The van der Waals surface area contributed by atoms with Crippen LogP contribution in [0.4, 0.5) is 5.69 Å². The first-order valence-electron chi connectivity index (χ1n) is 8.93. The largest absolute Gasteiger partial charge is 0.399 e. The van der Waals surface area contributed by atoms with Crippen LogP contribution in [0.15, 0.2) is 103 Å². The zero-order chi connectivity index (χ0) is 17.6. The monoisotopic (exact) mass is 333 g/mol. The highest BCUT2D eigenvalue weighted by Gasteiger charge is 2.45. The van der Waals surface area contributed by atoms with E-state index in [0.29, 0.717) is 0 Å². The van der Waals surface area contributed by atoms with Crippen LogP contribution in [0, 0.1) is 0 Å². The van der Waals surface area contributed by atoms with Crippen molar-refractivity contribution in [3.63, 3.8) is 0 Å². The molecule has 0 aliphatic heterocycles. The molecule has 0 heterocycles. The molecule has 0 fully saturated rings. The molecule has 1 aliphatic carbocycles. The van der Waals surface area contributed by atoms with E-state index in [9.17, 15) is 0 Å². The molecule has 0 amide bonds. The van der Waals surface area contributed by atoms with Gasteiger partial charge < -0.3 is 5.73 Å². The summed E-state index contributed by atoms with van der Waals surface area (Å²) in [6.45, 7) is 0. The molecule has 0 bridgehead atoms. The van der Waals surface area contributed by atoms with Crippen molar-refractivity contribution >= 4 is 5.69 Å². The maximum absolute atomic E-state index is 6.00. The highest BCUT2D eigenvalue weighted by atomic mass is 14.5. The van der Waals surface area contributed by atoms with E-state index in [1.54, 1.807) is 0 Å². The molecule has 0 saturated carbocycles. The molecule has 1 heteroatoms. The van der Waals surface area contributed by atoms with Gasteiger partial charge in [-0.05, 0) is 45.5 Å². The van der Waals surface area contributed by atoms with Crippen molar-refractivity contribution < 1.29 is 0 Å². The molecular weight excluding hydrogens is 314 g/mol. The van der Waals surface area contributed by atoms with Gasteiger partial charge in [0.1, 0.15) is 0 Å². The third-order valence-corrected chi connectivity index (χ3v) is 5.50. The summed E-state index contributed by atoms with van der Waals surface area (Å²) in [6.07, 6.45) is 0. The van der Waals surface area contributed by atoms with E-state index >= 15 is 0 Å². The Balaban J connectivity index is 1.96. The summed E-state index contributed by atoms with van der Waals surface area (Å²) < 4.78 is 0. The van der Waals surface area contributed by atoms with Crippen molar-refractivity contribution in [1.29, 1.82) is 0 Å². The highest BCUT2D eigenvalue weighted by Crippen LogP contribution is 2.55. The Bertz CT molecular complexity index is 1030. The van der Waals surface area contributed by atoms with Gasteiger partial charge in [-0.1, -0.05) is 91.0 Å². The molecule has 4 aromatic rings. The van der Waals surface area contributed by atoms with Crippen molar-refractivity contribution in [3.8, 4) is 11.1 Å². The minimum absolute atomic E-state index is 0.317. The fourth-order valence-corrected chi connectivity index (χ4v) is 4.45. The van der Waals surface area contributed by atoms with Crippen LogP contribution in [-0.4, -0.2) is 0 Å². The molecule has 0 saturated heterocycles. The highest BCUT2D eigenvalue weighted by molar-refractivity contribution is 5.86. The zero-order valence-electron chi connectivity index (χ0n) is 14.4. The molecule has 2 N–H and O–H groups in total. The summed E-state index contributed by atoms with van der Waals surface area (Å²) in [4.78, 5) is 0. The summed E-state index contributed by atoms with van der Waals surface area (Å²) >= 11 is 0. The Kier molecular flexibility index (Phi) is 3.23. The van der Waals surface area contributed by atoms with Crippen LogP contribution in [0.3, 0.4) is 0 Å². The Morgan fingerprint density at radius 3 is 1.50 bits per heavy atom. The lowest BCUT2D eigenvalue weighted by molar-refractivity contribution is 0.768. The topological polar surface area (TPSA) is 26.0 Å². The number of fused-ring (bicyclic) bond motifs is 3. The molecule has 1 nitrogen and oxygen atoms in total. The van der Waals surface area contributed by atoms with Gasteiger partial charge in [-0.2, -0.15) is 0 Å². The average molecular weight is 333 g/mol. The number of benzene rings is 4. The van der Waals surface area contributed by atoms with E-state index in [1.807, 2.05) is 12.1 Å². The minimum atomic E-state index is -0.317. The molecule has 0 radical (unpaired) electrons. The van der Waals surface area contributed by atoms with Crippen LogP contribution in [0.25, 0.3) is 11.1 Å². The number of nitrogen functional groups attached to an aromatic ring is 1. The van der Waals surface area contributed by atoms with E-state index in [-0.39, 0.29) is 5.41 Å². The smallest absolute Gasteiger partial charge is 0.0713 e. The fourth-order valence-electron chi connectivity index (χ4n) is 4.45. The van der Waals surface area contributed by atoms with Crippen molar-refractivity contribution in [3.05, 3.63) is 125 Å². The maximum Gasteiger partial charge on any atom is 0.0713 e. The van der Waals surface area contributed by atoms with E-state index in [4.69, 9.17) is 5.73 Å². The van der Waals surface area contributed by atoms with Gasteiger partial charge in [-0.15, -0.1) is 0 Å². The molecule has 5 rings (SSSR count). The van der Waals surface area contributed by atoms with Crippen LogP contribution in [0.5, 0.6) is 0 Å². The van der Waals surface area contributed by atoms with Gasteiger partial charge in [0, 0.05) is 5.69 Å². The molecule has 124 valence electrons. The second-order valence-corrected chi connectivity index (χ2v) is 6.83. The van der Waals surface area contributed by atoms with Crippen LogP contribution >= 0.6 is 0 Å². The zero-order valence-corrected chi connectivity index (χ0v) is 14.4. The average Bonchev–Trinajstić information content (AvgIpc) is 3.01. The molecule has 0 atom stereocenters. The lowest BCUT2D eigenvalue weighted by atomic mass is 9.68. The van der Waals surface area contributed by atoms with Crippen molar-refractivity contribution in [1.82, 2.24) is 0 Å². The standard InChI is InChI=1S/C25H19N/c26-20-16-14-19(15-17-20)25(18-8-2-1-3-9-18)23-12-6-4-10-21(23)22-11-5-7-13-24(22)25/h1-17H,26H2. The Morgan fingerprint density at radius 1 is 0.462 bits per heavy atom. The lowest BCUT2D eigenvalue weighted by Crippen LogP contribution is -2.28. The van der Waals surface area contributed by atoms with Crippen LogP contribution in [0.1, 0.15) is 22.3 Å². The first kappa shape index (κ1) is 15.0. The Hall–Kier alpha value is -3.32. The predicted octanol–water partition coefficient (Wildman–Crippen LogP) is 5.63. The van der Waals surface area contributed by atoms with Crippen LogP contribution in [-0.2, 0) is 5.41 Å². The third kappa shape index (κ3) is 1.91. The van der Waals surface area contributed by atoms with E-state index in [1.165, 1.54) is 33.4 Å². The summed E-state index contributed by atoms with van der Waals surface area (Å²) in [5, 5.41) is 0. The number of anilines is 1. The molecule has 0 spiro atoms. The number of hydrogen-bond donors (Lipinski definition) is 1. The quantitative estimate of drug-likeness (QED) is 0.416. The molecule has 1 aliphatic rings. The van der Waals surface area contributed by atoms with Gasteiger partial charge in [-0.3, -0.25) is 0 Å². The molecule has 0 aromatic heterocycles. The third-order valence-electron chi connectivity index (χ3n) is 5.50. The first-order chi connectivity index (χ1) is 12.8. The van der Waals surface area contributed by atoms with Gasteiger partial charge in [0.05, 0.1) is 5.41 Å². The Morgan fingerprint density at radius 2 is 0.923 bits per heavy atom. The van der Waals surface area contributed by atoms with Gasteiger partial charge in [0.25, 0.3) is 0 Å². The van der Waals surface area contributed by atoms with Gasteiger partial charge >= 0.3 is 0 Å². The fraction of sp³-hybridized carbons (Fsp3) is 0.0400. The normalized spacial score (nSPS) is 13.8. The van der Waals surface area contributed by atoms with Crippen molar-refractivity contribution in [2.24, 2.45) is 0 Å². The molecule has 0 unspecified atom stereocenters. The molecule has 26 heavy (non-hydrogen) atoms. The second-order valence-electron chi connectivity index (χ2n) is 6.83. The summed E-state index contributed by atoms with van der Waals surface area (Å²) in [7, 11) is 0. The van der Waals surface area contributed by atoms with E-state index in [0.717, 1.165) is 5.69 Å². The van der Waals surface area contributed by atoms with Crippen molar-refractivity contribution in [2.45, 2.75) is 5.41 Å². The maximum atomic E-state index is 6.00. The summed E-state index contributed by atoms with van der Waals surface area (Å²) in [6, 6.07) is 36.6. The van der Waals surface area contributed by atoms with Gasteiger partial charge in [-0.25, -0.2) is 0 Å². The number of hydrogen-bond acceptors (Lipinski definition) is 1. The molecular formula is C25H19N. The van der Waals surface area contributed by atoms with Gasteiger partial charge in [0.2, 0.25) is 0 Å². The second kappa shape index (κ2) is 5.60. The SMILES string of the molecule is Nc1ccc(C2(c3ccccc3)c3ccccc3-c3ccccc32)cc1. The van der Waals surface area contributed by atoms with E-state index in [2.05, 4.69) is 91.0 Å².